The quantitative estimate of drug-likeness (QED) is 0.891. The molecule has 1 N–H and O–H groups in total. The molecule has 1 aliphatic rings. The van der Waals surface area contributed by atoms with Crippen LogP contribution in [0.3, 0.4) is 0 Å². The topological polar surface area (TPSA) is 52.7 Å². The minimum Gasteiger partial charge on any atom is -0.335 e. The number of rotatable bonds is 2. The number of nitrogens with zero attached hydrogens (tertiary/aromatic N) is 2. The van der Waals surface area contributed by atoms with Crippen LogP contribution in [0.1, 0.15) is 13.8 Å². The lowest BCUT2D eigenvalue weighted by Gasteiger charge is -2.19. The number of hydrogen-bond acceptors (Lipinski definition) is 2. The van der Waals surface area contributed by atoms with Gasteiger partial charge in [0.25, 0.3) is 0 Å². The van der Waals surface area contributed by atoms with Crippen LogP contribution in [0.2, 0.25) is 0 Å². The minimum absolute atomic E-state index is 0.0384. The van der Waals surface area contributed by atoms with Crippen molar-refractivity contribution in [2.45, 2.75) is 19.9 Å². The first kappa shape index (κ1) is 13.3. The van der Waals surface area contributed by atoms with Crippen LogP contribution in [0.25, 0.3) is 0 Å². The van der Waals surface area contributed by atoms with Crippen LogP contribution in [-0.2, 0) is 0 Å². The van der Waals surface area contributed by atoms with E-state index >= 15 is 0 Å². The predicted molar refractivity (Wildman–Crippen MR) is 69.5 cm³/mol. The van der Waals surface area contributed by atoms with E-state index in [-0.39, 0.29) is 6.04 Å². The first-order valence-electron chi connectivity index (χ1n) is 6.14. The zero-order valence-corrected chi connectivity index (χ0v) is 10.9. The molecule has 19 heavy (non-hydrogen) atoms. The number of hydrogen-bond donors (Lipinski definition) is 1. The predicted octanol–water partition coefficient (Wildman–Crippen LogP) is 2.19. The van der Waals surface area contributed by atoms with E-state index in [1.165, 1.54) is 23.1 Å². The largest absolute Gasteiger partial charge is 0.335 e. The summed E-state index contributed by atoms with van der Waals surface area (Å²) in [6, 6.07) is 4.89. The fraction of sp³-hybridized carbons (Fsp3) is 0.385. The second-order valence-electron chi connectivity index (χ2n) is 4.67. The second-order valence-corrected chi connectivity index (χ2v) is 4.67. The molecule has 1 fully saturated rings. The van der Waals surface area contributed by atoms with Gasteiger partial charge in [0, 0.05) is 18.3 Å². The van der Waals surface area contributed by atoms with Crippen molar-refractivity contribution in [2.75, 3.05) is 18.0 Å². The van der Waals surface area contributed by atoms with Gasteiger partial charge in [0.1, 0.15) is 5.82 Å². The number of carbonyl (C=O) groups excluding carboxylic acids is 2. The number of urea groups is 2. The molecule has 1 aromatic carbocycles. The number of anilines is 1. The van der Waals surface area contributed by atoms with Crippen molar-refractivity contribution in [3.8, 4) is 0 Å². The van der Waals surface area contributed by atoms with Crippen molar-refractivity contribution in [1.29, 1.82) is 0 Å². The summed E-state index contributed by atoms with van der Waals surface area (Å²) in [4.78, 5) is 26.4. The number of benzene rings is 1. The van der Waals surface area contributed by atoms with Gasteiger partial charge < -0.3 is 5.32 Å². The van der Waals surface area contributed by atoms with Crippen LogP contribution in [-0.4, -0.2) is 36.1 Å². The minimum atomic E-state index is -0.427. The van der Waals surface area contributed by atoms with Gasteiger partial charge in [-0.1, -0.05) is 6.07 Å². The highest BCUT2D eigenvalue weighted by atomic mass is 19.1. The van der Waals surface area contributed by atoms with Gasteiger partial charge >= 0.3 is 12.1 Å². The molecule has 0 aromatic heterocycles. The van der Waals surface area contributed by atoms with E-state index in [4.69, 9.17) is 0 Å². The van der Waals surface area contributed by atoms with Crippen LogP contribution in [0.5, 0.6) is 0 Å². The van der Waals surface area contributed by atoms with Crippen molar-refractivity contribution in [3.05, 3.63) is 30.1 Å². The fourth-order valence-electron chi connectivity index (χ4n) is 1.93. The molecule has 6 heteroatoms. The molecule has 102 valence electrons. The average molecular weight is 265 g/mol. The molecule has 1 aromatic rings. The normalized spacial score (nSPS) is 15.3. The molecule has 0 unspecified atom stereocenters. The van der Waals surface area contributed by atoms with Crippen molar-refractivity contribution in [3.63, 3.8) is 0 Å². The molecule has 5 nitrogen and oxygen atoms in total. The summed E-state index contributed by atoms with van der Waals surface area (Å²) in [6.45, 7) is 4.31. The number of imide groups is 1. The molecular weight excluding hydrogens is 249 g/mol. The lowest BCUT2D eigenvalue weighted by molar-refractivity contribution is 0.198. The summed E-state index contributed by atoms with van der Waals surface area (Å²) >= 11 is 0. The number of carbonyl (C=O) groups is 2. The Labute approximate surface area is 111 Å². The van der Waals surface area contributed by atoms with Crippen LogP contribution in [0.4, 0.5) is 19.7 Å². The summed E-state index contributed by atoms with van der Waals surface area (Å²) in [7, 11) is 0. The molecule has 0 radical (unpaired) electrons. The van der Waals surface area contributed by atoms with Gasteiger partial charge in [0.2, 0.25) is 0 Å². The van der Waals surface area contributed by atoms with E-state index in [0.717, 1.165) is 4.90 Å². The second kappa shape index (κ2) is 5.26. The lowest BCUT2D eigenvalue weighted by Crippen LogP contribution is -2.45. The average Bonchev–Trinajstić information content (AvgIpc) is 2.70. The number of halogens is 1. The molecule has 1 heterocycles. The standard InChI is InChI=1S/C13H16FN3O2/c1-9(2)15-12(18)17-7-6-16(13(17)19)11-5-3-4-10(14)8-11/h3-5,8-9H,6-7H2,1-2H3,(H,15,18). The summed E-state index contributed by atoms with van der Waals surface area (Å²) in [5, 5.41) is 2.66. The Kier molecular flexibility index (Phi) is 3.69. The highest BCUT2D eigenvalue weighted by Crippen LogP contribution is 2.21. The Morgan fingerprint density at radius 2 is 2.11 bits per heavy atom. The van der Waals surface area contributed by atoms with Gasteiger partial charge in [-0.25, -0.2) is 18.9 Å². The summed E-state index contributed by atoms with van der Waals surface area (Å²) in [5.74, 6) is -0.407. The van der Waals surface area contributed by atoms with Crippen molar-refractivity contribution in [1.82, 2.24) is 10.2 Å². The van der Waals surface area contributed by atoms with Crippen molar-refractivity contribution >= 4 is 17.7 Å². The Morgan fingerprint density at radius 3 is 2.74 bits per heavy atom. The van der Waals surface area contributed by atoms with Gasteiger partial charge in [-0.2, -0.15) is 0 Å². The first-order chi connectivity index (χ1) is 8.99. The third-order valence-electron chi connectivity index (χ3n) is 2.79. The van der Waals surface area contributed by atoms with E-state index in [1.807, 2.05) is 13.8 Å². The van der Waals surface area contributed by atoms with Crippen molar-refractivity contribution < 1.29 is 14.0 Å². The first-order valence-corrected chi connectivity index (χ1v) is 6.14. The molecular formula is C13H16FN3O2. The summed E-state index contributed by atoms with van der Waals surface area (Å²) in [6.07, 6.45) is 0. The Morgan fingerprint density at radius 1 is 1.37 bits per heavy atom. The monoisotopic (exact) mass is 265 g/mol. The van der Waals surface area contributed by atoms with Gasteiger partial charge in [-0.15, -0.1) is 0 Å². The summed E-state index contributed by atoms with van der Waals surface area (Å²) in [5.41, 5.74) is 0.463. The maximum atomic E-state index is 13.1. The molecule has 4 amide bonds. The molecule has 0 aliphatic carbocycles. The molecule has 1 saturated heterocycles. The van der Waals surface area contributed by atoms with Gasteiger partial charge in [-0.05, 0) is 32.0 Å². The van der Waals surface area contributed by atoms with Crippen molar-refractivity contribution in [2.24, 2.45) is 0 Å². The van der Waals surface area contributed by atoms with E-state index in [0.29, 0.717) is 18.8 Å². The molecule has 2 rings (SSSR count). The van der Waals surface area contributed by atoms with E-state index in [2.05, 4.69) is 5.32 Å². The molecule has 0 saturated carbocycles. The maximum absolute atomic E-state index is 13.1. The lowest BCUT2D eigenvalue weighted by atomic mass is 10.3. The van der Waals surface area contributed by atoms with E-state index in [1.54, 1.807) is 6.07 Å². The molecule has 0 spiro atoms. The SMILES string of the molecule is CC(C)NC(=O)N1CCN(c2cccc(F)c2)C1=O. The van der Waals surface area contributed by atoms with Crippen LogP contribution in [0, 0.1) is 5.82 Å². The number of nitrogens with one attached hydrogen (secondary N) is 1. The highest BCUT2D eigenvalue weighted by Gasteiger charge is 2.34. The van der Waals surface area contributed by atoms with Gasteiger partial charge in [-0.3, -0.25) is 4.90 Å². The zero-order valence-electron chi connectivity index (χ0n) is 10.9. The van der Waals surface area contributed by atoms with Gasteiger partial charge in [0.05, 0.1) is 6.54 Å². The fourth-order valence-corrected chi connectivity index (χ4v) is 1.93. The molecule has 0 bridgehead atoms. The van der Waals surface area contributed by atoms with Crippen LogP contribution >= 0.6 is 0 Å². The molecule has 0 atom stereocenters. The van der Waals surface area contributed by atoms with Crippen LogP contribution in [0.15, 0.2) is 24.3 Å². The van der Waals surface area contributed by atoms with Crippen LogP contribution < -0.4 is 10.2 Å². The third kappa shape index (κ3) is 2.83. The summed E-state index contributed by atoms with van der Waals surface area (Å²) < 4.78 is 13.1. The third-order valence-corrected chi connectivity index (χ3v) is 2.79. The molecule has 1 aliphatic heterocycles. The van der Waals surface area contributed by atoms with E-state index in [9.17, 15) is 14.0 Å². The maximum Gasteiger partial charge on any atom is 0.332 e. The Hall–Kier alpha value is -2.11. The number of amides is 4. The van der Waals surface area contributed by atoms with E-state index < -0.39 is 17.9 Å². The Balaban J connectivity index is 2.12. The van der Waals surface area contributed by atoms with Gasteiger partial charge in [0.15, 0.2) is 0 Å². The zero-order chi connectivity index (χ0) is 14.0. The Bertz CT molecular complexity index is 504. The highest BCUT2D eigenvalue weighted by molar-refractivity contribution is 6.04. The smallest absolute Gasteiger partial charge is 0.332 e.